The van der Waals surface area contributed by atoms with E-state index in [0.717, 1.165) is 36.8 Å². The Morgan fingerprint density at radius 1 is 1.23 bits per heavy atom. The number of aryl methyl sites for hydroxylation is 2. The second kappa shape index (κ2) is 8.18. The third kappa shape index (κ3) is 3.77. The number of carbonyl (C=O) groups is 1. The molecular weight excluding hydrogens is 424 g/mol. The van der Waals surface area contributed by atoms with E-state index in [4.69, 9.17) is 4.42 Å². The van der Waals surface area contributed by atoms with Crippen molar-refractivity contribution in [3.63, 3.8) is 0 Å². The highest BCUT2D eigenvalue weighted by atomic mass is 32.2. The van der Waals surface area contributed by atoms with E-state index in [2.05, 4.69) is 0 Å². The summed E-state index contributed by atoms with van der Waals surface area (Å²) in [6.07, 6.45) is 6.41. The summed E-state index contributed by atoms with van der Waals surface area (Å²) in [7, 11) is -3.96. The molecule has 1 amide bonds. The molecule has 0 spiro atoms. The summed E-state index contributed by atoms with van der Waals surface area (Å²) in [4.78, 5) is 12.5. The predicted molar refractivity (Wildman–Crippen MR) is 116 cm³/mol. The minimum atomic E-state index is -3.96. The molecule has 30 heavy (non-hydrogen) atoms. The van der Waals surface area contributed by atoms with Crippen molar-refractivity contribution in [3.8, 4) is 0 Å². The number of thioether (sulfide) groups is 1. The molecule has 0 bridgehead atoms. The Morgan fingerprint density at radius 2 is 1.97 bits per heavy atom. The van der Waals surface area contributed by atoms with E-state index in [0.29, 0.717) is 11.3 Å². The van der Waals surface area contributed by atoms with E-state index in [1.54, 1.807) is 17.6 Å². The van der Waals surface area contributed by atoms with Crippen molar-refractivity contribution in [2.24, 2.45) is 0 Å². The number of nitrogens with zero attached hydrogens (tertiary/aromatic N) is 1. The molecule has 7 nitrogen and oxygen atoms in total. The lowest BCUT2D eigenvalue weighted by Gasteiger charge is -2.43. The zero-order chi connectivity index (χ0) is 21.5. The third-order valence-corrected chi connectivity index (χ3v) is 9.34. The van der Waals surface area contributed by atoms with Crippen LogP contribution in [0.3, 0.4) is 0 Å². The molecule has 1 aromatic heterocycles. The molecule has 1 atom stereocenters. The third-order valence-electron chi connectivity index (χ3n) is 6.13. The Hall–Kier alpha value is -1.55. The van der Waals surface area contributed by atoms with Crippen molar-refractivity contribution in [1.82, 2.24) is 9.79 Å². The summed E-state index contributed by atoms with van der Waals surface area (Å²) < 4.78 is 33.6. The number of rotatable bonds is 3. The van der Waals surface area contributed by atoms with Crippen LogP contribution in [-0.2, 0) is 27.7 Å². The van der Waals surface area contributed by atoms with Gasteiger partial charge in [0.1, 0.15) is 17.4 Å². The second-order valence-electron chi connectivity index (χ2n) is 8.52. The highest BCUT2D eigenvalue weighted by Crippen LogP contribution is 2.39. The molecule has 2 N–H and O–H groups in total. The first-order chi connectivity index (χ1) is 14.3. The number of carbonyl (C=O) groups excluding carboxylic acids is 1. The van der Waals surface area contributed by atoms with Gasteiger partial charge in [0.2, 0.25) is 10.0 Å². The van der Waals surface area contributed by atoms with Crippen LogP contribution in [-0.4, -0.2) is 46.9 Å². The van der Waals surface area contributed by atoms with Crippen molar-refractivity contribution in [2.45, 2.75) is 68.1 Å². The van der Waals surface area contributed by atoms with Gasteiger partial charge < -0.3 is 4.42 Å². The largest absolute Gasteiger partial charge is 0.461 e. The van der Waals surface area contributed by atoms with Crippen LogP contribution in [0.15, 0.2) is 27.5 Å². The number of amides is 1. The van der Waals surface area contributed by atoms with Gasteiger partial charge in [-0.2, -0.15) is 16.1 Å². The summed E-state index contributed by atoms with van der Waals surface area (Å²) in [5.41, 5.74) is 3.42. The Morgan fingerprint density at radius 3 is 2.70 bits per heavy atom. The summed E-state index contributed by atoms with van der Waals surface area (Å²) in [5, 5.41) is 10.2. The Labute approximate surface area is 181 Å². The molecule has 1 aliphatic carbocycles. The van der Waals surface area contributed by atoms with Gasteiger partial charge in [0.25, 0.3) is 5.91 Å². The first-order valence-electron chi connectivity index (χ1n) is 10.4. The number of furan rings is 1. The lowest BCUT2D eigenvalue weighted by Crippen LogP contribution is -2.61. The van der Waals surface area contributed by atoms with Gasteiger partial charge in [-0.3, -0.25) is 10.0 Å². The fraction of sp³-hybridized carbons (Fsp3) is 0.571. The highest BCUT2D eigenvalue weighted by molar-refractivity contribution is 8.00. The number of benzene rings is 1. The smallest absolute Gasteiger partial charge is 0.263 e. The molecule has 1 aliphatic heterocycles. The van der Waals surface area contributed by atoms with Crippen molar-refractivity contribution in [3.05, 3.63) is 29.5 Å². The topological polar surface area (TPSA) is 99.9 Å². The summed E-state index contributed by atoms with van der Waals surface area (Å²) >= 11 is 1.52. The lowest BCUT2D eigenvalue weighted by molar-refractivity contribution is -0.134. The van der Waals surface area contributed by atoms with Crippen molar-refractivity contribution in [1.29, 1.82) is 0 Å². The zero-order valence-corrected chi connectivity index (χ0v) is 18.9. The molecule has 1 saturated heterocycles. The number of sulfonamides is 1. The van der Waals surface area contributed by atoms with Gasteiger partial charge in [0, 0.05) is 40.5 Å². The Kier molecular flexibility index (Phi) is 5.91. The van der Waals surface area contributed by atoms with Gasteiger partial charge in [-0.15, -0.1) is 0 Å². The Balaban J connectivity index is 1.75. The van der Waals surface area contributed by atoms with E-state index >= 15 is 0 Å². The van der Waals surface area contributed by atoms with Crippen LogP contribution in [0, 0.1) is 0 Å². The molecular formula is C21H28N2O5S2. The summed E-state index contributed by atoms with van der Waals surface area (Å²) in [5.74, 6) is 0.809. The SMILES string of the molecule is CC1(C)SCCN(S(=O)(=O)c2ccc3c4c(oc3c2)CCCCCC4)C1C(=O)NO. The Bertz CT molecular complexity index is 1060. The molecule has 1 unspecified atom stereocenters. The van der Waals surface area contributed by atoms with Crippen molar-refractivity contribution in [2.75, 3.05) is 12.3 Å². The molecule has 9 heteroatoms. The minimum Gasteiger partial charge on any atom is -0.461 e. The maximum Gasteiger partial charge on any atom is 0.263 e. The first kappa shape index (κ1) is 21.7. The maximum absolute atomic E-state index is 13.5. The number of fused-ring (bicyclic) bond motifs is 3. The molecule has 2 heterocycles. The van der Waals surface area contributed by atoms with E-state index in [-0.39, 0.29) is 11.4 Å². The van der Waals surface area contributed by atoms with Crippen LogP contribution in [0.2, 0.25) is 0 Å². The number of hydrogen-bond acceptors (Lipinski definition) is 6. The van der Waals surface area contributed by atoms with Crippen LogP contribution in [0.1, 0.15) is 50.9 Å². The monoisotopic (exact) mass is 452 g/mol. The fourth-order valence-electron chi connectivity index (χ4n) is 4.61. The average molecular weight is 453 g/mol. The summed E-state index contributed by atoms with van der Waals surface area (Å²) in [6.45, 7) is 3.82. The van der Waals surface area contributed by atoms with Gasteiger partial charge in [0.15, 0.2) is 0 Å². The molecule has 0 saturated carbocycles. The quantitative estimate of drug-likeness (QED) is 0.546. The van der Waals surface area contributed by atoms with Crippen LogP contribution < -0.4 is 5.48 Å². The standard InChI is InChI=1S/C21H28N2O5S2/c1-21(2)19(20(24)22-25)23(11-12-29-21)30(26,27)14-9-10-16-15-7-5-3-4-6-8-17(15)28-18(16)13-14/h9-10,13,19,25H,3-8,11-12H2,1-2H3,(H,22,24). The normalized spacial score (nSPS) is 22.8. The van der Waals surface area contributed by atoms with E-state index < -0.39 is 26.7 Å². The predicted octanol–water partition coefficient (Wildman–Crippen LogP) is 3.48. The molecule has 4 rings (SSSR count). The van der Waals surface area contributed by atoms with Crippen LogP contribution in [0.25, 0.3) is 11.0 Å². The number of nitrogens with one attached hydrogen (secondary N) is 1. The van der Waals surface area contributed by atoms with Crippen LogP contribution >= 0.6 is 11.8 Å². The highest BCUT2D eigenvalue weighted by Gasteiger charge is 2.48. The van der Waals surface area contributed by atoms with Crippen molar-refractivity contribution >= 4 is 38.7 Å². The summed E-state index contributed by atoms with van der Waals surface area (Å²) in [6, 6.07) is 4.00. The number of hydroxylamine groups is 1. The fourth-order valence-corrected chi connectivity index (χ4v) is 7.74. The van der Waals surface area contributed by atoms with Crippen LogP contribution in [0.5, 0.6) is 0 Å². The molecule has 1 fully saturated rings. The van der Waals surface area contributed by atoms with E-state index in [1.807, 2.05) is 19.9 Å². The van der Waals surface area contributed by atoms with Gasteiger partial charge in [-0.05, 0) is 45.2 Å². The van der Waals surface area contributed by atoms with E-state index in [9.17, 15) is 18.4 Å². The second-order valence-corrected chi connectivity index (χ2v) is 12.2. The number of hydrogen-bond donors (Lipinski definition) is 2. The molecule has 164 valence electrons. The molecule has 0 radical (unpaired) electrons. The molecule has 2 aliphatic rings. The van der Waals surface area contributed by atoms with Gasteiger partial charge >= 0.3 is 0 Å². The van der Waals surface area contributed by atoms with Gasteiger partial charge in [-0.1, -0.05) is 12.8 Å². The van der Waals surface area contributed by atoms with Crippen LogP contribution in [0.4, 0.5) is 0 Å². The zero-order valence-electron chi connectivity index (χ0n) is 17.3. The maximum atomic E-state index is 13.5. The lowest BCUT2D eigenvalue weighted by atomic mass is 9.97. The van der Waals surface area contributed by atoms with Gasteiger partial charge in [-0.25, -0.2) is 13.9 Å². The average Bonchev–Trinajstić information content (AvgIpc) is 3.02. The molecule has 1 aromatic carbocycles. The van der Waals surface area contributed by atoms with Gasteiger partial charge in [0.05, 0.1) is 4.90 Å². The molecule has 2 aromatic rings. The minimum absolute atomic E-state index is 0.107. The van der Waals surface area contributed by atoms with E-state index in [1.165, 1.54) is 34.5 Å². The first-order valence-corrected chi connectivity index (χ1v) is 12.8. The van der Waals surface area contributed by atoms with Crippen molar-refractivity contribution < 1.29 is 22.8 Å².